The van der Waals surface area contributed by atoms with E-state index in [-0.39, 0.29) is 54.1 Å². The van der Waals surface area contributed by atoms with E-state index in [1.54, 1.807) is 24.3 Å². The number of hydrogen-bond acceptors (Lipinski definition) is 10. The quantitative estimate of drug-likeness (QED) is 0.0913. The second-order valence-electron chi connectivity index (χ2n) is 10.00. The number of hydrogen-bond donors (Lipinski definition) is 3. The molecule has 0 aliphatic rings. The number of phenols is 1. The molecule has 2 aromatic carbocycles. The molecule has 4 aromatic rings. The van der Waals surface area contributed by atoms with E-state index in [1.807, 2.05) is 0 Å². The molecule has 0 aliphatic heterocycles. The minimum atomic E-state index is -1.04. The summed E-state index contributed by atoms with van der Waals surface area (Å²) in [7, 11) is 1.47. The van der Waals surface area contributed by atoms with Gasteiger partial charge in [-0.15, -0.1) is 22.7 Å². The molecule has 0 spiro atoms. The van der Waals surface area contributed by atoms with Crippen LogP contribution in [-0.4, -0.2) is 59.1 Å². The monoisotopic (exact) mass is 648 g/mol. The molecule has 0 radical (unpaired) electrons. The SMILES string of the molecule is COc1cc2sc(C(=O)CC(C)C(=O)O)cc2c(Cl)c1OCCCOc1cc2cc(C(=O)CC(C)C(=O)O)sc2cc1O. The van der Waals surface area contributed by atoms with Crippen molar-refractivity contribution in [2.75, 3.05) is 20.3 Å². The molecule has 0 saturated heterocycles. The van der Waals surface area contributed by atoms with Gasteiger partial charge >= 0.3 is 11.9 Å². The van der Waals surface area contributed by atoms with E-state index >= 15 is 0 Å². The van der Waals surface area contributed by atoms with Crippen LogP contribution in [0.15, 0.2) is 30.3 Å². The van der Waals surface area contributed by atoms with Crippen LogP contribution in [0.2, 0.25) is 5.02 Å². The summed E-state index contributed by atoms with van der Waals surface area (Å²) >= 11 is 9.01. The highest BCUT2D eigenvalue weighted by atomic mass is 35.5. The van der Waals surface area contributed by atoms with Crippen molar-refractivity contribution in [1.82, 2.24) is 0 Å². The third kappa shape index (κ3) is 7.38. The van der Waals surface area contributed by atoms with Gasteiger partial charge in [-0.25, -0.2) is 0 Å². The predicted octanol–water partition coefficient (Wildman–Crippen LogP) is 6.92. The van der Waals surface area contributed by atoms with Gasteiger partial charge in [0.2, 0.25) is 0 Å². The summed E-state index contributed by atoms with van der Waals surface area (Å²) < 4.78 is 18.5. The summed E-state index contributed by atoms with van der Waals surface area (Å²) in [5.74, 6) is -3.44. The van der Waals surface area contributed by atoms with Crippen molar-refractivity contribution in [3.63, 3.8) is 0 Å². The lowest BCUT2D eigenvalue weighted by atomic mass is 10.0. The van der Waals surface area contributed by atoms with Gasteiger partial charge in [-0.05, 0) is 23.6 Å². The maximum Gasteiger partial charge on any atom is 0.306 e. The first-order chi connectivity index (χ1) is 20.4. The van der Waals surface area contributed by atoms with E-state index in [0.29, 0.717) is 47.8 Å². The van der Waals surface area contributed by atoms with Crippen LogP contribution in [0.3, 0.4) is 0 Å². The number of aliphatic carboxylic acids is 2. The molecule has 2 atom stereocenters. The molecule has 2 unspecified atom stereocenters. The van der Waals surface area contributed by atoms with Gasteiger partial charge < -0.3 is 29.5 Å². The highest BCUT2D eigenvalue weighted by Crippen LogP contribution is 2.44. The van der Waals surface area contributed by atoms with Crippen molar-refractivity contribution >= 4 is 78.0 Å². The van der Waals surface area contributed by atoms with Crippen LogP contribution in [0, 0.1) is 11.8 Å². The van der Waals surface area contributed by atoms with E-state index in [1.165, 1.54) is 49.7 Å². The Morgan fingerprint density at radius 3 is 2.00 bits per heavy atom. The zero-order valence-corrected chi connectivity index (χ0v) is 25.9. The number of carbonyl (C=O) groups excluding carboxylic acids is 2. The summed E-state index contributed by atoms with van der Waals surface area (Å²) in [4.78, 5) is 48.1. The number of benzene rings is 2. The number of ether oxygens (including phenoxy) is 3. The number of fused-ring (bicyclic) bond motifs is 2. The first kappa shape index (κ1) is 32.1. The van der Waals surface area contributed by atoms with Crippen molar-refractivity contribution < 1.29 is 48.7 Å². The standard InChI is InChI=1S/C30H29ClO10S2/c1-14(29(35)36)7-19(33)25-10-16-9-21(18(32)12-23(16)42-25)40-5-4-6-41-28-22(39-3)13-24-17(27(28)31)11-26(43-24)20(34)8-15(2)30(37)38/h9-15,32H,4-8H2,1-3H3,(H,35,36)(H,37,38). The zero-order chi connectivity index (χ0) is 31.4. The Kier molecular flexibility index (Phi) is 10.2. The number of carboxylic acids is 2. The number of methoxy groups -OCH3 is 1. The largest absolute Gasteiger partial charge is 0.504 e. The molecule has 0 aliphatic carbocycles. The number of thiophene rings is 2. The van der Waals surface area contributed by atoms with E-state index in [0.717, 1.165) is 0 Å². The van der Waals surface area contributed by atoms with Crippen LogP contribution in [0.4, 0.5) is 0 Å². The van der Waals surface area contributed by atoms with Crippen LogP contribution < -0.4 is 14.2 Å². The molecule has 3 N–H and O–H groups in total. The molecule has 0 bridgehead atoms. The lowest BCUT2D eigenvalue weighted by Gasteiger charge is -2.13. The third-order valence-electron chi connectivity index (χ3n) is 6.67. The lowest BCUT2D eigenvalue weighted by Crippen LogP contribution is -2.13. The lowest BCUT2D eigenvalue weighted by molar-refractivity contribution is -0.141. The Morgan fingerprint density at radius 1 is 0.814 bits per heavy atom. The summed E-state index contributed by atoms with van der Waals surface area (Å²) in [6.07, 6.45) is 0.174. The average Bonchev–Trinajstić information content (AvgIpc) is 3.58. The number of ketones is 2. The van der Waals surface area contributed by atoms with Gasteiger partial charge in [0.15, 0.2) is 34.6 Å². The van der Waals surface area contributed by atoms with E-state index in [2.05, 4.69) is 0 Å². The van der Waals surface area contributed by atoms with Gasteiger partial charge in [0.25, 0.3) is 0 Å². The van der Waals surface area contributed by atoms with Crippen LogP contribution >= 0.6 is 34.3 Å². The van der Waals surface area contributed by atoms with Crippen molar-refractivity contribution in [3.8, 4) is 23.0 Å². The maximum absolute atomic E-state index is 12.6. The van der Waals surface area contributed by atoms with Crippen LogP contribution in [0.5, 0.6) is 23.0 Å². The molecule has 0 amide bonds. The van der Waals surface area contributed by atoms with Gasteiger partial charge in [-0.1, -0.05) is 25.4 Å². The highest BCUT2D eigenvalue weighted by molar-refractivity contribution is 7.21. The predicted molar refractivity (Wildman–Crippen MR) is 164 cm³/mol. The molecule has 10 nitrogen and oxygen atoms in total. The van der Waals surface area contributed by atoms with Gasteiger partial charge in [0, 0.05) is 46.2 Å². The molecule has 228 valence electrons. The van der Waals surface area contributed by atoms with Crippen molar-refractivity contribution in [2.24, 2.45) is 11.8 Å². The van der Waals surface area contributed by atoms with Gasteiger partial charge in [-0.2, -0.15) is 0 Å². The maximum atomic E-state index is 12.6. The molecule has 4 rings (SSSR count). The van der Waals surface area contributed by atoms with Gasteiger partial charge in [0.1, 0.15) is 0 Å². The first-order valence-electron chi connectivity index (χ1n) is 13.2. The highest BCUT2D eigenvalue weighted by Gasteiger charge is 2.23. The fourth-order valence-electron chi connectivity index (χ4n) is 4.18. The number of carboxylic acid groups (broad SMARTS) is 2. The summed E-state index contributed by atoms with van der Waals surface area (Å²) in [6, 6.07) is 8.13. The molecule has 2 heterocycles. The second-order valence-corrected chi connectivity index (χ2v) is 12.5. The van der Waals surface area contributed by atoms with Crippen molar-refractivity contribution in [3.05, 3.63) is 45.1 Å². The van der Waals surface area contributed by atoms with Crippen LogP contribution in [0.25, 0.3) is 20.2 Å². The zero-order valence-electron chi connectivity index (χ0n) is 23.5. The minimum Gasteiger partial charge on any atom is -0.504 e. The number of aromatic hydroxyl groups is 1. The van der Waals surface area contributed by atoms with Gasteiger partial charge in [0.05, 0.1) is 46.9 Å². The summed E-state index contributed by atoms with van der Waals surface area (Å²) in [5, 5.41) is 30.2. The molecular weight excluding hydrogens is 620 g/mol. The second kappa shape index (κ2) is 13.6. The summed E-state index contributed by atoms with van der Waals surface area (Å²) in [6.45, 7) is 3.33. The number of halogens is 1. The number of carbonyl (C=O) groups is 4. The Bertz CT molecular complexity index is 1710. The molecule has 0 fully saturated rings. The van der Waals surface area contributed by atoms with Crippen molar-refractivity contribution in [1.29, 1.82) is 0 Å². The first-order valence-corrected chi connectivity index (χ1v) is 15.2. The van der Waals surface area contributed by atoms with Gasteiger partial charge in [-0.3, -0.25) is 19.2 Å². The fraction of sp³-hybridized carbons (Fsp3) is 0.333. The summed E-state index contributed by atoms with van der Waals surface area (Å²) in [5.41, 5.74) is 0. The molecule has 2 aromatic heterocycles. The topological polar surface area (TPSA) is 157 Å². The molecule has 13 heteroatoms. The van der Waals surface area contributed by atoms with E-state index in [4.69, 9.17) is 36.0 Å². The molecular formula is C30H29ClO10S2. The Hall–Kier alpha value is -3.87. The normalized spacial score (nSPS) is 12.7. The van der Waals surface area contributed by atoms with E-state index < -0.39 is 23.8 Å². The number of rotatable bonds is 15. The Morgan fingerprint density at radius 2 is 1.40 bits per heavy atom. The minimum absolute atomic E-state index is 0.0936. The van der Waals surface area contributed by atoms with Crippen LogP contribution in [0.1, 0.15) is 52.5 Å². The number of phenolic OH excluding ortho intramolecular Hbond substituents is 1. The van der Waals surface area contributed by atoms with Crippen molar-refractivity contribution in [2.45, 2.75) is 33.1 Å². The third-order valence-corrected chi connectivity index (χ3v) is 9.31. The smallest absolute Gasteiger partial charge is 0.306 e. The Labute approximate surface area is 259 Å². The van der Waals surface area contributed by atoms with E-state index in [9.17, 15) is 24.3 Å². The van der Waals surface area contributed by atoms with Crippen LogP contribution in [-0.2, 0) is 9.59 Å². The molecule has 0 saturated carbocycles. The average molecular weight is 649 g/mol. The Balaban J connectivity index is 1.39. The molecule has 43 heavy (non-hydrogen) atoms. The number of Topliss-reactive ketones (excluding diaryl/α,β-unsaturated/α-hetero) is 2. The fourth-order valence-corrected chi connectivity index (χ4v) is 6.61.